The summed E-state index contributed by atoms with van der Waals surface area (Å²) < 4.78 is 0. The summed E-state index contributed by atoms with van der Waals surface area (Å²) in [4.78, 5) is 33.5. The Bertz CT molecular complexity index is 639. The zero-order valence-electron chi connectivity index (χ0n) is 9.58. The molecule has 0 aliphatic carbocycles. The van der Waals surface area contributed by atoms with Crippen molar-refractivity contribution >= 4 is 39.2 Å². The first-order valence-corrected chi connectivity index (χ1v) is 6.30. The second-order valence-electron chi connectivity index (χ2n) is 4.05. The quantitative estimate of drug-likeness (QED) is 0.812. The lowest BCUT2D eigenvalue weighted by Crippen LogP contribution is -2.32. The SMILES string of the molecule is CN1C(=O)CC(Nc2ncnc3sccc23)C1=O. The van der Waals surface area contributed by atoms with E-state index in [9.17, 15) is 9.59 Å². The molecule has 92 valence electrons. The Morgan fingerprint density at radius 3 is 3.00 bits per heavy atom. The van der Waals surface area contributed by atoms with Crippen molar-refractivity contribution in [2.24, 2.45) is 0 Å². The van der Waals surface area contributed by atoms with Gasteiger partial charge in [0.1, 0.15) is 23.0 Å². The van der Waals surface area contributed by atoms with Crippen LogP contribution in [0.4, 0.5) is 5.82 Å². The molecule has 0 radical (unpaired) electrons. The number of anilines is 1. The molecule has 18 heavy (non-hydrogen) atoms. The number of nitrogens with one attached hydrogen (secondary N) is 1. The summed E-state index contributed by atoms with van der Waals surface area (Å²) in [5.74, 6) is 0.206. The predicted octanol–water partition coefficient (Wildman–Crippen LogP) is 0.860. The molecule has 1 aliphatic heterocycles. The predicted molar refractivity (Wildman–Crippen MR) is 67.2 cm³/mol. The van der Waals surface area contributed by atoms with Gasteiger partial charge in [-0.2, -0.15) is 0 Å². The molecule has 0 bridgehead atoms. The molecule has 1 unspecified atom stereocenters. The van der Waals surface area contributed by atoms with E-state index in [0.29, 0.717) is 5.82 Å². The van der Waals surface area contributed by atoms with Crippen LogP contribution < -0.4 is 5.32 Å². The molecule has 0 saturated carbocycles. The maximum atomic E-state index is 11.8. The molecular weight excluding hydrogens is 252 g/mol. The molecule has 1 aliphatic rings. The largest absolute Gasteiger partial charge is 0.357 e. The van der Waals surface area contributed by atoms with Gasteiger partial charge >= 0.3 is 0 Å². The minimum Gasteiger partial charge on any atom is -0.357 e. The molecule has 3 heterocycles. The number of likely N-dealkylation sites (N-methyl/N-ethyl adjacent to an activating group) is 1. The molecule has 1 saturated heterocycles. The van der Waals surface area contributed by atoms with Crippen LogP contribution in [0.1, 0.15) is 6.42 Å². The van der Waals surface area contributed by atoms with Crippen molar-refractivity contribution in [1.82, 2.24) is 14.9 Å². The van der Waals surface area contributed by atoms with Crippen LogP contribution in [-0.2, 0) is 9.59 Å². The van der Waals surface area contributed by atoms with Gasteiger partial charge in [-0.05, 0) is 11.4 Å². The molecule has 2 aromatic heterocycles. The Balaban J connectivity index is 1.91. The number of thiophene rings is 1. The average molecular weight is 262 g/mol. The van der Waals surface area contributed by atoms with Gasteiger partial charge in [0.05, 0.1) is 11.8 Å². The third kappa shape index (κ3) is 1.63. The van der Waals surface area contributed by atoms with Gasteiger partial charge in [-0.1, -0.05) is 0 Å². The highest BCUT2D eigenvalue weighted by atomic mass is 32.1. The lowest BCUT2D eigenvalue weighted by atomic mass is 10.2. The second-order valence-corrected chi connectivity index (χ2v) is 4.95. The lowest BCUT2D eigenvalue weighted by molar-refractivity contribution is -0.136. The van der Waals surface area contributed by atoms with Crippen LogP contribution in [-0.4, -0.2) is 39.8 Å². The molecule has 7 heteroatoms. The number of amides is 2. The van der Waals surface area contributed by atoms with Crippen LogP contribution >= 0.6 is 11.3 Å². The van der Waals surface area contributed by atoms with Crippen LogP contribution in [0, 0.1) is 0 Å². The van der Waals surface area contributed by atoms with E-state index in [1.165, 1.54) is 24.7 Å². The topological polar surface area (TPSA) is 75.2 Å². The molecule has 1 fully saturated rings. The smallest absolute Gasteiger partial charge is 0.251 e. The standard InChI is InChI=1S/C11H10N4O2S/c1-15-8(16)4-7(11(15)17)14-9-6-2-3-18-10(6)13-5-12-9/h2-3,5,7H,4H2,1H3,(H,12,13,14). The van der Waals surface area contributed by atoms with E-state index in [2.05, 4.69) is 15.3 Å². The first-order chi connectivity index (χ1) is 8.66. The summed E-state index contributed by atoms with van der Waals surface area (Å²) in [6, 6.07) is 1.37. The minimum absolute atomic E-state index is 0.172. The fourth-order valence-electron chi connectivity index (χ4n) is 1.94. The number of nitrogens with zero attached hydrogens (tertiary/aromatic N) is 3. The fourth-order valence-corrected chi connectivity index (χ4v) is 2.67. The number of hydrogen-bond donors (Lipinski definition) is 1. The van der Waals surface area contributed by atoms with E-state index in [1.54, 1.807) is 0 Å². The van der Waals surface area contributed by atoms with Crippen LogP contribution in [0.5, 0.6) is 0 Å². The maximum absolute atomic E-state index is 11.8. The van der Waals surface area contributed by atoms with Gasteiger partial charge in [0, 0.05) is 7.05 Å². The summed E-state index contributed by atoms with van der Waals surface area (Å²) in [6.07, 6.45) is 1.62. The number of hydrogen-bond acceptors (Lipinski definition) is 6. The molecule has 0 spiro atoms. The number of imide groups is 1. The minimum atomic E-state index is -0.527. The summed E-state index contributed by atoms with van der Waals surface area (Å²) in [5.41, 5.74) is 0. The molecule has 2 amide bonds. The Kier molecular flexibility index (Phi) is 2.48. The third-order valence-electron chi connectivity index (χ3n) is 2.95. The number of carbonyl (C=O) groups is 2. The monoisotopic (exact) mass is 262 g/mol. The van der Waals surface area contributed by atoms with Crippen molar-refractivity contribution in [2.75, 3.05) is 12.4 Å². The van der Waals surface area contributed by atoms with E-state index < -0.39 is 6.04 Å². The van der Waals surface area contributed by atoms with E-state index in [-0.39, 0.29) is 18.2 Å². The summed E-state index contributed by atoms with van der Waals surface area (Å²) >= 11 is 1.51. The van der Waals surface area contributed by atoms with Crippen LogP contribution in [0.25, 0.3) is 10.2 Å². The van der Waals surface area contributed by atoms with Crippen molar-refractivity contribution in [1.29, 1.82) is 0 Å². The van der Waals surface area contributed by atoms with Gasteiger partial charge in [0.2, 0.25) is 5.91 Å². The fraction of sp³-hybridized carbons (Fsp3) is 0.273. The second kappa shape index (κ2) is 4.02. The van der Waals surface area contributed by atoms with Crippen LogP contribution in [0.2, 0.25) is 0 Å². The van der Waals surface area contributed by atoms with Crippen molar-refractivity contribution in [3.8, 4) is 0 Å². The number of likely N-dealkylation sites (tertiary alicyclic amines) is 1. The zero-order valence-corrected chi connectivity index (χ0v) is 10.4. The van der Waals surface area contributed by atoms with Gasteiger partial charge in [-0.15, -0.1) is 11.3 Å². The van der Waals surface area contributed by atoms with E-state index in [0.717, 1.165) is 15.1 Å². The van der Waals surface area contributed by atoms with Crippen LogP contribution in [0.3, 0.4) is 0 Å². The first kappa shape index (κ1) is 11.1. The Morgan fingerprint density at radius 2 is 2.28 bits per heavy atom. The van der Waals surface area contributed by atoms with Gasteiger partial charge < -0.3 is 5.32 Å². The highest BCUT2D eigenvalue weighted by Gasteiger charge is 2.36. The normalized spacial score (nSPS) is 19.8. The van der Waals surface area contributed by atoms with Crippen molar-refractivity contribution in [3.63, 3.8) is 0 Å². The highest BCUT2D eigenvalue weighted by molar-refractivity contribution is 7.16. The molecule has 2 aromatic rings. The Morgan fingerprint density at radius 1 is 1.44 bits per heavy atom. The van der Waals surface area contributed by atoms with Crippen molar-refractivity contribution < 1.29 is 9.59 Å². The zero-order chi connectivity index (χ0) is 12.7. The van der Waals surface area contributed by atoms with Crippen molar-refractivity contribution in [2.45, 2.75) is 12.5 Å². The number of rotatable bonds is 2. The van der Waals surface area contributed by atoms with Gasteiger partial charge in [0.15, 0.2) is 0 Å². The van der Waals surface area contributed by atoms with E-state index in [1.807, 2.05) is 11.4 Å². The summed E-state index contributed by atoms with van der Waals surface area (Å²) in [7, 11) is 1.49. The molecule has 1 N–H and O–H groups in total. The maximum Gasteiger partial charge on any atom is 0.251 e. The van der Waals surface area contributed by atoms with Crippen molar-refractivity contribution in [3.05, 3.63) is 17.8 Å². The van der Waals surface area contributed by atoms with Crippen LogP contribution in [0.15, 0.2) is 17.8 Å². The van der Waals surface area contributed by atoms with Gasteiger partial charge in [0.25, 0.3) is 5.91 Å². The summed E-state index contributed by atoms with van der Waals surface area (Å²) in [6.45, 7) is 0. The molecular formula is C11H10N4O2S. The number of carbonyl (C=O) groups excluding carboxylic acids is 2. The molecule has 1 atom stereocenters. The number of aromatic nitrogens is 2. The van der Waals surface area contributed by atoms with Gasteiger partial charge in [-0.25, -0.2) is 9.97 Å². The first-order valence-electron chi connectivity index (χ1n) is 5.42. The molecule has 3 rings (SSSR count). The third-order valence-corrected chi connectivity index (χ3v) is 3.77. The van der Waals surface area contributed by atoms with E-state index >= 15 is 0 Å². The van der Waals surface area contributed by atoms with E-state index in [4.69, 9.17) is 0 Å². The average Bonchev–Trinajstić information content (AvgIpc) is 2.92. The Hall–Kier alpha value is -2.02. The molecule has 6 nitrogen and oxygen atoms in total. The van der Waals surface area contributed by atoms with Gasteiger partial charge in [-0.3, -0.25) is 14.5 Å². The highest BCUT2D eigenvalue weighted by Crippen LogP contribution is 2.25. The molecule has 0 aromatic carbocycles. The lowest BCUT2D eigenvalue weighted by Gasteiger charge is -2.11. The number of fused-ring (bicyclic) bond motifs is 1. The Labute approximate surface area is 107 Å². The summed E-state index contributed by atoms with van der Waals surface area (Å²) in [5, 5.41) is 5.81.